The van der Waals surface area contributed by atoms with Gasteiger partial charge in [-0.15, -0.1) is 0 Å². The number of rotatable bonds is 11. The summed E-state index contributed by atoms with van der Waals surface area (Å²) in [7, 11) is 4.41. The number of ketones is 1. The van der Waals surface area contributed by atoms with Crippen LogP contribution >= 0.6 is 0 Å². The fourth-order valence-corrected chi connectivity index (χ4v) is 3.12. The molecule has 0 saturated carbocycles. The van der Waals surface area contributed by atoms with E-state index in [1.54, 1.807) is 19.2 Å². The Balaban J connectivity index is 2.09. The van der Waals surface area contributed by atoms with Gasteiger partial charge >= 0.3 is 0 Å². The number of amides is 2. The zero-order valence-corrected chi connectivity index (χ0v) is 18.1. The van der Waals surface area contributed by atoms with Gasteiger partial charge in [0.25, 0.3) is 5.91 Å². The minimum absolute atomic E-state index is 0.335. The number of hydrogen-bond donors (Lipinski definition) is 3. The molecule has 0 bridgehead atoms. The Morgan fingerprint density at radius 2 is 1.61 bits per heavy atom. The highest BCUT2D eigenvalue weighted by molar-refractivity contribution is 6.10. The summed E-state index contributed by atoms with van der Waals surface area (Å²) in [6.07, 6.45) is 0.923. The summed E-state index contributed by atoms with van der Waals surface area (Å²) in [4.78, 5) is 37.7. The van der Waals surface area contributed by atoms with Crippen LogP contribution < -0.4 is 10.6 Å². The summed E-state index contributed by atoms with van der Waals surface area (Å²) >= 11 is 0. The van der Waals surface area contributed by atoms with Crippen molar-refractivity contribution in [3.63, 3.8) is 0 Å². The highest BCUT2D eigenvalue weighted by Crippen LogP contribution is 2.22. The van der Waals surface area contributed by atoms with E-state index in [0.29, 0.717) is 12.2 Å². The van der Waals surface area contributed by atoms with Gasteiger partial charge in [0.15, 0.2) is 11.8 Å². The van der Waals surface area contributed by atoms with E-state index in [4.69, 9.17) is 9.84 Å². The Labute approximate surface area is 182 Å². The molecule has 0 radical (unpaired) electrons. The topological polar surface area (TPSA) is 108 Å². The van der Waals surface area contributed by atoms with Crippen LogP contribution in [0.1, 0.15) is 16.8 Å². The SMILES string of the molecule is CNC(=O)C(C(=O)CO)N(C)C(=O)c1ccc(-c2ccc(NCCCOC)cc2)cc1. The van der Waals surface area contributed by atoms with E-state index in [1.807, 2.05) is 36.4 Å². The van der Waals surface area contributed by atoms with Gasteiger partial charge in [0, 0.05) is 45.6 Å². The summed E-state index contributed by atoms with van der Waals surface area (Å²) in [5.74, 6) is -1.89. The molecule has 2 amide bonds. The maximum Gasteiger partial charge on any atom is 0.254 e. The predicted molar refractivity (Wildman–Crippen MR) is 119 cm³/mol. The molecule has 166 valence electrons. The minimum Gasteiger partial charge on any atom is -0.388 e. The molecule has 2 rings (SSSR count). The largest absolute Gasteiger partial charge is 0.388 e. The molecule has 1 unspecified atom stereocenters. The molecule has 0 spiro atoms. The third kappa shape index (κ3) is 6.37. The van der Waals surface area contributed by atoms with Crippen LogP contribution in [-0.2, 0) is 14.3 Å². The maximum absolute atomic E-state index is 12.8. The summed E-state index contributed by atoms with van der Waals surface area (Å²) in [5.41, 5.74) is 3.28. The average Bonchev–Trinajstić information content (AvgIpc) is 2.81. The Kier molecular flexibility index (Phi) is 9.17. The van der Waals surface area contributed by atoms with Gasteiger partial charge < -0.3 is 25.4 Å². The predicted octanol–water partition coefficient (Wildman–Crippen LogP) is 1.55. The molecular formula is C23H29N3O5. The standard InChI is InChI=1S/C23H29N3O5/c1-24-22(29)21(20(28)15-27)26(2)23(30)18-7-5-16(6-8-18)17-9-11-19(12-10-17)25-13-4-14-31-3/h5-12,21,25,27H,4,13-15H2,1-3H3,(H,24,29). The summed E-state index contributed by atoms with van der Waals surface area (Å²) < 4.78 is 5.03. The first-order chi connectivity index (χ1) is 14.9. The second kappa shape index (κ2) is 11.8. The van der Waals surface area contributed by atoms with Crippen LogP contribution in [-0.4, -0.2) is 74.6 Å². The lowest BCUT2D eigenvalue weighted by Gasteiger charge is -2.25. The van der Waals surface area contributed by atoms with Gasteiger partial charge in [0.05, 0.1) is 0 Å². The lowest BCUT2D eigenvalue weighted by Crippen LogP contribution is -2.52. The molecule has 8 heteroatoms. The third-order valence-electron chi connectivity index (χ3n) is 4.87. The maximum atomic E-state index is 12.8. The van der Waals surface area contributed by atoms with E-state index < -0.39 is 30.2 Å². The van der Waals surface area contributed by atoms with Crippen molar-refractivity contribution in [2.24, 2.45) is 0 Å². The van der Waals surface area contributed by atoms with Crippen molar-refractivity contribution in [3.8, 4) is 11.1 Å². The number of benzene rings is 2. The van der Waals surface area contributed by atoms with Gasteiger partial charge in [-0.25, -0.2) is 0 Å². The number of ether oxygens (including phenoxy) is 1. The second-order valence-electron chi connectivity index (χ2n) is 6.99. The molecule has 8 nitrogen and oxygen atoms in total. The monoisotopic (exact) mass is 427 g/mol. The molecule has 0 aromatic heterocycles. The van der Waals surface area contributed by atoms with Crippen molar-refractivity contribution in [2.75, 3.05) is 46.3 Å². The lowest BCUT2D eigenvalue weighted by atomic mass is 10.0. The molecule has 0 aliphatic carbocycles. The molecule has 31 heavy (non-hydrogen) atoms. The number of methoxy groups -OCH3 is 1. The molecule has 0 heterocycles. The molecule has 3 N–H and O–H groups in total. The average molecular weight is 428 g/mol. The van der Waals surface area contributed by atoms with Crippen molar-refractivity contribution in [1.29, 1.82) is 0 Å². The molecule has 0 aliphatic heterocycles. The van der Waals surface area contributed by atoms with Gasteiger partial charge in [-0.1, -0.05) is 24.3 Å². The van der Waals surface area contributed by atoms with Gasteiger partial charge in [-0.3, -0.25) is 14.4 Å². The second-order valence-corrected chi connectivity index (χ2v) is 6.99. The van der Waals surface area contributed by atoms with Crippen LogP contribution in [0.2, 0.25) is 0 Å². The number of nitrogens with one attached hydrogen (secondary N) is 2. The number of carbonyl (C=O) groups is 3. The molecule has 1 atom stereocenters. The first-order valence-electron chi connectivity index (χ1n) is 9.98. The van der Waals surface area contributed by atoms with Crippen LogP contribution in [0.25, 0.3) is 11.1 Å². The van der Waals surface area contributed by atoms with Crippen LogP contribution in [0.4, 0.5) is 5.69 Å². The van der Waals surface area contributed by atoms with Crippen LogP contribution in [0.15, 0.2) is 48.5 Å². The smallest absolute Gasteiger partial charge is 0.254 e. The van der Waals surface area contributed by atoms with Crippen molar-refractivity contribution >= 4 is 23.3 Å². The van der Waals surface area contributed by atoms with Crippen molar-refractivity contribution in [3.05, 3.63) is 54.1 Å². The number of Topliss-reactive ketones (excluding diaryl/α,β-unsaturated/α-hetero) is 1. The highest BCUT2D eigenvalue weighted by atomic mass is 16.5. The number of aliphatic hydroxyl groups excluding tert-OH is 1. The normalized spacial score (nSPS) is 11.5. The Hall–Kier alpha value is -3.23. The van der Waals surface area contributed by atoms with Crippen LogP contribution in [0.3, 0.4) is 0 Å². The van der Waals surface area contributed by atoms with Gasteiger partial charge in [0.2, 0.25) is 5.91 Å². The fourth-order valence-electron chi connectivity index (χ4n) is 3.12. The Morgan fingerprint density at radius 3 is 2.13 bits per heavy atom. The highest BCUT2D eigenvalue weighted by Gasteiger charge is 2.32. The van der Waals surface area contributed by atoms with Crippen molar-refractivity contribution in [2.45, 2.75) is 12.5 Å². The number of aliphatic hydroxyl groups is 1. The Morgan fingerprint density at radius 1 is 1.03 bits per heavy atom. The van der Waals surface area contributed by atoms with E-state index >= 15 is 0 Å². The van der Waals surface area contributed by atoms with Crippen molar-refractivity contribution in [1.82, 2.24) is 10.2 Å². The van der Waals surface area contributed by atoms with Crippen LogP contribution in [0.5, 0.6) is 0 Å². The third-order valence-corrected chi connectivity index (χ3v) is 4.87. The molecule has 0 saturated heterocycles. The molecular weight excluding hydrogens is 398 g/mol. The van der Waals surface area contributed by atoms with Crippen LogP contribution in [0, 0.1) is 0 Å². The fraction of sp³-hybridized carbons (Fsp3) is 0.348. The van der Waals surface area contributed by atoms with Gasteiger partial charge in [-0.2, -0.15) is 0 Å². The van der Waals surface area contributed by atoms with Crippen molar-refractivity contribution < 1.29 is 24.2 Å². The number of likely N-dealkylation sites (N-methyl/N-ethyl adjacent to an activating group) is 2. The lowest BCUT2D eigenvalue weighted by molar-refractivity contribution is -0.135. The zero-order valence-electron chi connectivity index (χ0n) is 18.1. The minimum atomic E-state index is -1.38. The van der Waals surface area contributed by atoms with E-state index in [-0.39, 0.29) is 0 Å². The van der Waals surface area contributed by atoms with E-state index in [1.165, 1.54) is 14.1 Å². The molecule has 2 aromatic rings. The number of nitrogens with zero attached hydrogens (tertiary/aromatic N) is 1. The van der Waals surface area contributed by atoms with E-state index in [2.05, 4.69) is 10.6 Å². The first kappa shape index (κ1) is 24.0. The summed E-state index contributed by atoms with van der Waals surface area (Å²) in [6, 6.07) is 13.5. The summed E-state index contributed by atoms with van der Waals surface area (Å²) in [6.45, 7) is 0.711. The number of carbonyl (C=O) groups excluding carboxylic acids is 3. The zero-order chi connectivity index (χ0) is 22.8. The first-order valence-corrected chi connectivity index (χ1v) is 9.98. The molecule has 2 aromatic carbocycles. The van der Waals surface area contributed by atoms with E-state index in [0.717, 1.165) is 34.7 Å². The molecule has 0 fully saturated rings. The summed E-state index contributed by atoms with van der Waals surface area (Å²) in [5, 5.41) is 14.8. The van der Waals surface area contributed by atoms with Gasteiger partial charge in [-0.05, 0) is 41.8 Å². The Bertz CT molecular complexity index is 865. The number of hydrogen-bond acceptors (Lipinski definition) is 6. The van der Waals surface area contributed by atoms with E-state index in [9.17, 15) is 14.4 Å². The molecule has 0 aliphatic rings. The number of anilines is 1. The quantitative estimate of drug-likeness (QED) is 0.371. The van der Waals surface area contributed by atoms with Gasteiger partial charge in [0.1, 0.15) is 6.61 Å².